The van der Waals surface area contributed by atoms with Crippen LogP contribution in [0.3, 0.4) is 0 Å². The highest BCUT2D eigenvalue weighted by molar-refractivity contribution is 7.13. The first-order chi connectivity index (χ1) is 7.75. The Balaban J connectivity index is 1.79. The third kappa shape index (κ3) is 1.15. The Labute approximate surface area is 100 Å². The van der Waals surface area contributed by atoms with Gasteiger partial charge in [0.2, 0.25) is 0 Å². The van der Waals surface area contributed by atoms with Crippen LogP contribution in [0.5, 0.6) is 0 Å². The smallest absolute Gasteiger partial charge is 0.110 e. The summed E-state index contributed by atoms with van der Waals surface area (Å²) in [4.78, 5) is 4.60. The first-order valence-electron chi connectivity index (χ1n) is 6.45. The Kier molecular flexibility index (Phi) is 1.78. The van der Waals surface area contributed by atoms with Crippen molar-refractivity contribution in [1.29, 1.82) is 0 Å². The Morgan fingerprint density at radius 3 is 2.12 bits per heavy atom. The molecule has 2 N–H and O–H groups in total. The molecule has 4 bridgehead atoms. The Hall–Kier alpha value is -0.570. The molecule has 4 saturated carbocycles. The molecule has 4 aliphatic rings. The number of aromatic nitrogens is 1. The second-order valence-electron chi connectivity index (χ2n) is 6.26. The van der Waals surface area contributed by atoms with Gasteiger partial charge in [-0.3, -0.25) is 0 Å². The highest BCUT2D eigenvalue weighted by Gasteiger charge is 2.53. The lowest BCUT2D eigenvalue weighted by Crippen LogP contribution is -2.48. The fraction of sp³-hybridized carbons (Fsp3) is 0.769. The van der Waals surface area contributed by atoms with Crippen LogP contribution in [0.1, 0.15) is 44.2 Å². The zero-order valence-corrected chi connectivity index (χ0v) is 10.3. The summed E-state index contributed by atoms with van der Waals surface area (Å²) in [5, 5.41) is 0.988. The molecule has 0 atom stereocenters. The maximum absolute atomic E-state index is 6.12. The molecule has 0 amide bonds. The molecule has 2 nitrogen and oxygen atoms in total. The molecule has 0 radical (unpaired) electrons. The number of thiazole rings is 1. The van der Waals surface area contributed by atoms with Crippen LogP contribution in [0.15, 0.2) is 5.51 Å². The van der Waals surface area contributed by atoms with E-state index in [4.69, 9.17) is 5.73 Å². The molecular formula is C13H18N2S. The van der Waals surface area contributed by atoms with Gasteiger partial charge in [-0.1, -0.05) is 0 Å². The standard InChI is InChI=1S/C13H18N2S/c14-12-11(15-7-16-12)13-4-8-1-9(5-13)3-10(2-8)6-13/h7-10H,1-6,14H2. The number of nitrogens with two attached hydrogens (primary N) is 1. The zero-order chi connectivity index (χ0) is 10.8. The summed E-state index contributed by atoms with van der Waals surface area (Å²) in [5.74, 6) is 2.94. The van der Waals surface area contributed by atoms with Crippen molar-refractivity contribution in [2.45, 2.75) is 43.9 Å². The minimum absolute atomic E-state index is 0.388. The van der Waals surface area contributed by atoms with Crippen LogP contribution < -0.4 is 5.73 Å². The maximum atomic E-state index is 6.12. The third-order valence-corrected chi connectivity index (χ3v) is 5.79. The molecule has 4 fully saturated rings. The molecule has 86 valence electrons. The van der Waals surface area contributed by atoms with Gasteiger partial charge in [-0.05, 0) is 56.3 Å². The Morgan fingerprint density at radius 1 is 1.12 bits per heavy atom. The number of hydrogen-bond acceptors (Lipinski definition) is 3. The first-order valence-corrected chi connectivity index (χ1v) is 7.32. The van der Waals surface area contributed by atoms with Crippen molar-refractivity contribution in [3.05, 3.63) is 11.2 Å². The molecule has 5 rings (SSSR count). The van der Waals surface area contributed by atoms with Gasteiger partial charge in [-0.2, -0.15) is 0 Å². The van der Waals surface area contributed by atoms with Crippen molar-refractivity contribution in [3.63, 3.8) is 0 Å². The molecule has 1 aromatic rings. The van der Waals surface area contributed by atoms with Crippen molar-refractivity contribution in [2.75, 3.05) is 5.73 Å². The van der Waals surface area contributed by atoms with Gasteiger partial charge in [-0.15, -0.1) is 11.3 Å². The number of nitrogen functional groups attached to an aromatic ring is 1. The van der Waals surface area contributed by atoms with Gasteiger partial charge in [0.05, 0.1) is 11.2 Å². The van der Waals surface area contributed by atoms with E-state index in [1.165, 1.54) is 44.2 Å². The summed E-state index contributed by atoms with van der Waals surface area (Å²) in [7, 11) is 0. The maximum Gasteiger partial charge on any atom is 0.110 e. The largest absolute Gasteiger partial charge is 0.389 e. The van der Waals surface area contributed by atoms with E-state index in [0.717, 1.165) is 22.8 Å². The lowest BCUT2D eigenvalue weighted by Gasteiger charge is -2.56. The minimum atomic E-state index is 0.388. The zero-order valence-electron chi connectivity index (χ0n) is 9.48. The molecule has 4 aliphatic carbocycles. The average Bonchev–Trinajstić information content (AvgIpc) is 2.62. The predicted molar refractivity (Wildman–Crippen MR) is 66.4 cm³/mol. The number of anilines is 1. The second kappa shape index (κ2) is 3.00. The van der Waals surface area contributed by atoms with Crippen molar-refractivity contribution >= 4 is 16.3 Å². The van der Waals surface area contributed by atoms with E-state index >= 15 is 0 Å². The molecule has 0 saturated heterocycles. The quantitative estimate of drug-likeness (QED) is 0.810. The van der Waals surface area contributed by atoms with Crippen molar-refractivity contribution in [2.24, 2.45) is 17.8 Å². The summed E-state index contributed by atoms with van der Waals surface area (Å²) >= 11 is 1.62. The van der Waals surface area contributed by atoms with E-state index in [2.05, 4.69) is 4.98 Å². The van der Waals surface area contributed by atoms with Crippen LogP contribution in [0.2, 0.25) is 0 Å². The molecule has 1 aromatic heterocycles. The lowest BCUT2D eigenvalue weighted by molar-refractivity contribution is -0.00658. The average molecular weight is 234 g/mol. The van der Waals surface area contributed by atoms with Gasteiger partial charge in [0.1, 0.15) is 5.00 Å². The normalized spacial score (nSPS) is 45.1. The summed E-state index contributed by atoms with van der Waals surface area (Å²) in [6, 6.07) is 0. The third-order valence-electron chi connectivity index (χ3n) is 5.14. The summed E-state index contributed by atoms with van der Waals surface area (Å²) in [5.41, 5.74) is 9.70. The molecule has 0 aromatic carbocycles. The van der Waals surface area contributed by atoms with E-state index in [1.54, 1.807) is 11.3 Å². The molecule has 16 heavy (non-hydrogen) atoms. The first kappa shape index (κ1) is 9.46. The van der Waals surface area contributed by atoms with Gasteiger partial charge in [0.25, 0.3) is 0 Å². The van der Waals surface area contributed by atoms with Crippen LogP contribution >= 0.6 is 11.3 Å². The molecule has 0 spiro atoms. The molecule has 3 heteroatoms. The Bertz CT molecular complexity index is 388. The molecule has 0 unspecified atom stereocenters. The summed E-state index contributed by atoms with van der Waals surface area (Å²) in [6.45, 7) is 0. The van der Waals surface area contributed by atoms with Crippen LogP contribution in [0, 0.1) is 17.8 Å². The summed E-state index contributed by atoms with van der Waals surface area (Å²) < 4.78 is 0. The summed E-state index contributed by atoms with van der Waals surface area (Å²) in [6.07, 6.45) is 8.57. The lowest BCUT2D eigenvalue weighted by atomic mass is 9.49. The van der Waals surface area contributed by atoms with Gasteiger partial charge >= 0.3 is 0 Å². The van der Waals surface area contributed by atoms with Gasteiger partial charge in [0, 0.05) is 5.41 Å². The van der Waals surface area contributed by atoms with Gasteiger partial charge in [0.15, 0.2) is 0 Å². The number of rotatable bonds is 1. The van der Waals surface area contributed by atoms with Crippen LogP contribution in [-0.4, -0.2) is 4.98 Å². The molecule has 1 heterocycles. The topological polar surface area (TPSA) is 38.9 Å². The SMILES string of the molecule is Nc1scnc1C12CC3CC(CC(C3)C1)C2. The number of nitrogens with zero attached hydrogens (tertiary/aromatic N) is 1. The van der Waals surface area contributed by atoms with Gasteiger partial charge in [-0.25, -0.2) is 4.98 Å². The molecular weight excluding hydrogens is 216 g/mol. The fourth-order valence-electron chi connectivity index (χ4n) is 5.05. The monoisotopic (exact) mass is 234 g/mol. The van der Waals surface area contributed by atoms with Crippen LogP contribution in [0.25, 0.3) is 0 Å². The van der Waals surface area contributed by atoms with Crippen molar-refractivity contribution in [3.8, 4) is 0 Å². The van der Waals surface area contributed by atoms with E-state index in [-0.39, 0.29) is 0 Å². The molecule has 0 aliphatic heterocycles. The van der Waals surface area contributed by atoms with Crippen LogP contribution in [0.4, 0.5) is 5.00 Å². The van der Waals surface area contributed by atoms with E-state index < -0.39 is 0 Å². The fourth-order valence-corrected chi connectivity index (χ4v) is 5.71. The second-order valence-corrected chi connectivity index (χ2v) is 7.15. The van der Waals surface area contributed by atoms with E-state index in [0.29, 0.717) is 5.41 Å². The van der Waals surface area contributed by atoms with Crippen LogP contribution in [-0.2, 0) is 5.41 Å². The highest BCUT2D eigenvalue weighted by atomic mass is 32.1. The van der Waals surface area contributed by atoms with Gasteiger partial charge < -0.3 is 5.73 Å². The minimum Gasteiger partial charge on any atom is -0.389 e. The van der Waals surface area contributed by atoms with E-state index in [9.17, 15) is 0 Å². The van der Waals surface area contributed by atoms with E-state index in [1.807, 2.05) is 5.51 Å². The number of hydrogen-bond donors (Lipinski definition) is 1. The predicted octanol–water partition coefficient (Wildman–Crippen LogP) is 3.19. The van der Waals surface area contributed by atoms with Crippen molar-refractivity contribution in [1.82, 2.24) is 4.98 Å². The van der Waals surface area contributed by atoms with Crippen molar-refractivity contribution < 1.29 is 0 Å². The Morgan fingerprint density at radius 2 is 1.69 bits per heavy atom. The highest BCUT2D eigenvalue weighted by Crippen LogP contribution is 2.61.